The SMILES string of the molecule is Cc1cc(Br)cc(CON)c1C. The molecule has 3 heteroatoms. The summed E-state index contributed by atoms with van der Waals surface area (Å²) in [6.07, 6.45) is 0. The molecule has 0 aliphatic heterocycles. The third-order valence-corrected chi connectivity index (χ3v) is 2.44. The molecule has 0 radical (unpaired) electrons. The summed E-state index contributed by atoms with van der Waals surface area (Å²) < 4.78 is 1.07. The van der Waals surface area contributed by atoms with E-state index in [9.17, 15) is 0 Å². The molecule has 0 heterocycles. The van der Waals surface area contributed by atoms with E-state index in [2.05, 4.69) is 40.7 Å². The van der Waals surface area contributed by atoms with Crippen LogP contribution in [0.3, 0.4) is 0 Å². The maximum atomic E-state index is 5.01. The average Bonchev–Trinajstić information content (AvgIpc) is 2.00. The fourth-order valence-corrected chi connectivity index (χ4v) is 1.74. The van der Waals surface area contributed by atoms with E-state index in [-0.39, 0.29) is 0 Å². The van der Waals surface area contributed by atoms with Crippen molar-refractivity contribution in [3.63, 3.8) is 0 Å². The van der Waals surface area contributed by atoms with Gasteiger partial charge in [-0.25, -0.2) is 5.90 Å². The molecule has 0 amide bonds. The van der Waals surface area contributed by atoms with Gasteiger partial charge in [0.15, 0.2) is 0 Å². The van der Waals surface area contributed by atoms with Gasteiger partial charge in [0.05, 0.1) is 6.61 Å². The Morgan fingerprint density at radius 2 is 2.08 bits per heavy atom. The standard InChI is InChI=1S/C9H12BrNO/c1-6-3-9(10)4-8(5-12-11)7(6)2/h3-4H,5,11H2,1-2H3. The van der Waals surface area contributed by atoms with Crippen molar-refractivity contribution in [2.75, 3.05) is 0 Å². The molecule has 66 valence electrons. The zero-order valence-electron chi connectivity index (χ0n) is 7.23. The largest absolute Gasteiger partial charge is 0.300 e. The Kier molecular flexibility index (Phi) is 3.26. The van der Waals surface area contributed by atoms with E-state index in [0.717, 1.165) is 10.0 Å². The lowest BCUT2D eigenvalue weighted by Crippen LogP contribution is -2.01. The van der Waals surface area contributed by atoms with Crippen LogP contribution in [0.5, 0.6) is 0 Å². The molecule has 0 bridgehead atoms. The van der Waals surface area contributed by atoms with E-state index < -0.39 is 0 Å². The molecule has 2 nitrogen and oxygen atoms in total. The number of benzene rings is 1. The van der Waals surface area contributed by atoms with Crippen molar-refractivity contribution in [3.8, 4) is 0 Å². The fourth-order valence-electron chi connectivity index (χ4n) is 1.12. The van der Waals surface area contributed by atoms with E-state index >= 15 is 0 Å². The summed E-state index contributed by atoms with van der Waals surface area (Å²) in [7, 11) is 0. The van der Waals surface area contributed by atoms with Gasteiger partial charge in [0, 0.05) is 4.47 Å². The molecule has 1 aromatic rings. The first-order chi connectivity index (χ1) is 5.65. The highest BCUT2D eigenvalue weighted by atomic mass is 79.9. The van der Waals surface area contributed by atoms with Crippen LogP contribution in [0.2, 0.25) is 0 Å². The van der Waals surface area contributed by atoms with Gasteiger partial charge in [-0.05, 0) is 42.7 Å². The highest BCUT2D eigenvalue weighted by Crippen LogP contribution is 2.20. The van der Waals surface area contributed by atoms with Crippen LogP contribution in [0, 0.1) is 13.8 Å². The molecule has 0 saturated carbocycles. The predicted molar refractivity (Wildman–Crippen MR) is 52.6 cm³/mol. The molecule has 1 aromatic carbocycles. The minimum Gasteiger partial charge on any atom is -0.300 e. The van der Waals surface area contributed by atoms with Crippen molar-refractivity contribution in [1.29, 1.82) is 0 Å². The lowest BCUT2D eigenvalue weighted by molar-refractivity contribution is 0.123. The molecule has 0 fully saturated rings. The fraction of sp³-hybridized carbons (Fsp3) is 0.333. The monoisotopic (exact) mass is 229 g/mol. The lowest BCUT2D eigenvalue weighted by atomic mass is 10.0. The van der Waals surface area contributed by atoms with Gasteiger partial charge in [-0.15, -0.1) is 0 Å². The quantitative estimate of drug-likeness (QED) is 0.792. The second-order valence-corrected chi connectivity index (χ2v) is 3.73. The first kappa shape index (κ1) is 9.71. The van der Waals surface area contributed by atoms with E-state index in [1.165, 1.54) is 11.1 Å². The van der Waals surface area contributed by atoms with E-state index in [4.69, 9.17) is 5.90 Å². The predicted octanol–water partition coefficient (Wildman–Crippen LogP) is 2.46. The molecule has 0 saturated heterocycles. The van der Waals surface area contributed by atoms with E-state index in [0.29, 0.717) is 6.61 Å². The van der Waals surface area contributed by atoms with Crippen LogP contribution in [0.4, 0.5) is 0 Å². The zero-order chi connectivity index (χ0) is 9.14. The van der Waals surface area contributed by atoms with Crippen LogP contribution in [0.15, 0.2) is 16.6 Å². The van der Waals surface area contributed by atoms with Crippen molar-refractivity contribution in [2.24, 2.45) is 5.90 Å². The summed E-state index contributed by atoms with van der Waals surface area (Å²) in [5.74, 6) is 5.01. The Morgan fingerprint density at radius 3 is 2.67 bits per heavy atom. The van der Waals surface area contributed by atoms with Gasteiger partial charge in [0.2, 0.25) is 0 Å². The van der Waals surface area contributed by atoms with Gasteiger partial charge < -0.3 is 0 Å². The number of halogens is 1. The second-order valence-electron chi connectivity index (χ2n) is 2.82. The van der Waals surface area contributed by atoms with Crippen molar-refractivity contribution >= 4 is 15.9 Å². The normalized spacial score (nSPS) is 10.3. The van der Waals surface area contributed by atoms with E-state index in [1.807, 2.05) is 6.07 Å². The smallest absolute Gasteiger partial charge is 0.0933 e. The molecule has 0 aromatic heterocycles. The number of rotatable bonds is 2. The Balaban J connectivity index is 3.09. The summed E-state index contributed by atoms with van der Waals surface area (Å²) in [6, 6.07) is 4.10. The second kappa shape index (κ2) is 4.03. The molecule has 1 rings (SSSR count). The molecular weight excluding hydrogens is 218 g/mol. The lowest BCUT2D eigenvalue weighted by Gasteiger charge is -2.07. The number of nitrogens with two attached hydrogens (primary N) is 1. The molecule has 0 atom stereocenters. The highest BCUT2D eigenvalue weighted by molar-refractivity contribution is 9.10. The zero-order valence-corrected chi connectivity index (χ0v) is 8.81. The first-order valence-corrected chi connectivity index (χ1v) is 4.51. The third-order valence-electron chi connectivity index (χ3n) is 1.98. The van der Waals surface area contributed by atoms with E-state index in [1.54, 1.807) is 0 Å². The summed E-state index contributed by atoms with van der Waals surface area (Å²) in [6.45, 7) is 4.60. The van der Waals surface area contributed by atoms with Gasteiger partial charge in [0.25, 0.3) is 0 Å². The minimum atomic E-state index is 0.464. The minimum absolute atomic E-state index is 0.464. The van der Waals surface area contributed by atoms with Gasteiger partial charge in [-0.2, -0.15) is 0 Å². The maximum absolute atomic E-state index is 5.01. The van der Waals surface area contributed by atoms with Crippen LogP contribution in [0.1, 0.15) is 16.7 Å². The summed E-state index contributed by atoms with van der Waals surface area (Å²) in [5, 5.41) is 0. The number of hydrogen-bond acceptors (Lipinski definition) is 2. The topological polar surface area (TPSA) is 35.2 Å². The van der Waals surface area contributed by atoms with Crippen molar-refractivity contribution in [3.05, 3.63) is 33.3 Å². The molecule has 2 N–H and O–H groups in total. The molecule has 0 unspecified atom stereocenters. The Bertz CT molecular complexity index is 286. The summed E-state index contributed by atoms with van der Waals surface area (Å²) in [5.41, 5.74) is 3.62. The van der Waals surface area contributed by atoms with Crippen molar-refractivity contribution < 1.29 is 4.84 Å². The number of aryl methyl sites for hydroxylation is 1. The maximum Gasteiger partial charge on any atom is 0.0933 e. The van der Waals surface area contributed by atoms with Crippen LogP contribution >= 0.6 is 15.9 Å². The number of hydrogen-bond donors (Lipinski definition) is 1. The summed E-state index contributed by atoms with van der Waals surface area (Å²) >= 11 is 3.42. The average molecular weight is 230 g/mol. The Hall–Kier alpha value is -0.380. The third kappa shape index (κ3) is 2.06. The van der Waals surface area contributed by atoms with Crippen molar-refractivity contribution in [2.45, 2.75) is 20.5 Å². The molecule has 0 aliphatic carbocycles. The van der Waals surface area contributed by atoms with Crippen molar-refractivity contribution in [1.82, 2.24) is 0 Å². The van der Waals surface area contributed by atoms with Gasteiger partial charge in [-0.3, -0.25) is 4.84 Å². The van der Waals surface area contributed by atoms with Crippen LogP contribution < -0.4 is 5.90 Å². The van der Waals surface area contributed by atoms with Crippen LogP contribution in [-0.2, 0) is 11.4 Å². The van der Waals surface area contributed by atoms with Crippen LogP contribution in [0.25, 0.3) is 0 Å². The Labute approximate surface area is 80.8 Å². The van der Waals surface area contributed by atoms with Gasteiger partial charge >= 0.3 is 0 Å². The molecular formula is C9H12BrNO. The molecule has 0 aliphatic rings. The molecule has 12 heavy (non-hydrogen) atoms. The van der Waals surface area contributed by atoms with Gasteiger partial charge in [0.1, 0.15) is 0 Å². The van der Waals surface area contributed by atoms with Gasteiger partial charge in [-0.1, -0.05) is 15.9 Å². The van der Waals surface area contributed by atoms with Crippen LogP contribution in [-0.4, -0.2) is 0 Å². The first-order valence-electron chi connectivity index (χ1n) is 3.72. The highest BCUT2D eigenvalue weighted by Gasteiger charge is 2.02. The summed E-state index contributed by atoms with van der Waals surface area (Å²) in [4.78, 5) is 4.60. The molecule has 0 spiro atoms. The Morgan fingerprint density at radius 1 is 1.42 bits per heavy atom.